The molecule has 1 amide bonds. The third-order valence-electron chi connectivity index (χ3n) is 4.04. The van der Waals surface area contributed by atoms with Crippen LogP contribution >= 0.6 is 0 Å². The summed E-state index contributed by atoms with van der Waals surface area (Å²) in [4.78, 5) is 25.0. The minimum Gasteiger partial charge on any atom is -0.376 e. The first-order chi connectivity index (χ1) is 11.6. The van der Waals surface area contributed by atoms with Gasteiger partial charge in [0.2, 0.25) is 0 Å². The first-order valence-electron chi connectivity index (χ1n) is 7.94. The fourth-order valence-corrected chi connectivity index (χ4v) is 2.74. The Hall–Kier alpha value is -2.53. The molecule has 24 heavy (non-hydrogen) atoms. The zero-order valence-corrected chi connectivity index (χ0v) is 13.1. The topological polar surface area (TPSA) is 55.4 Å². The summed E-state index contributed by atoms with van der Waals surface area (Å²) in [5.74, 6) is -1.02. The van der Waals surface area contributed by atoms with Gasteiger partial charge in [-0.05, 0) is 43.2 Å². The van der Waals surface area contributed by atoms with Crippen LogP contribution in [0.15, 0.2) is 48.5 Å². The van der Waals surface area contributed by atoms with E-state index in [1.54, 1.807) is 24.3 Å². The molecule has 1 atom stereocenters. The molecule has 1 aliphatic heterocycles. The molecule has 0 spiro atoms. The lowest BCUT2D eigenvalue weighted by atomic mass is 9.98. The Balaban J connectivity index is 1.77. The lowest BCUT2D eigenvalue weighted by Crippen LogP contribution is -2.32. The number of halogens is 1. The molecule has 2 aromatic carbocycles. The van der Waals surface area contributed by atoms with Gasteiger partial charge in [0.15, 0.2) is 5.78 Å². The van der Waals surface area contributed by atoms with Crippen LogP contribution in [0.25, 0.3) is 0 Å². The van der Waals surface area contributed by atoms with Crippen LogP contribution in [0.2, 0.25) is 0 Å². The molecular formula is C19H18FNO3. The summed E-state index contributed by atoms with van der Waals surface area (Å²) in [6.45, 7) is 1.15. The quantitative estimate of drug-likeness (QED) is 0.859. The van der Waals surface area contributed by atoms with Gasteiger partial charge in [-0.15, -0.1) is 0 Å². The predicted octanol–water partition coefficient (Wildman–Crippen LogP) is 2.97. The fraction of sp³-hybridized carbons (Fsp3) is 0.263. The average Bonchev–Trinajstić information content (AvgIpc) is 3.13. The van der Waals surface area contributed by atoms with Crippen molar-refractivity contribution in [2.45, 2.75) is 18.9 Å². The van der Waals surface area contributed by atoms with E-state index in [0.717, 1.165) is 19.4 Å². The smallest absolute Gasteiger partial charge is 0.252 e. The van der Waals surface area contributed by atoms with E-state index >= 15 is 0 Å². The van der Waals surface area contributed by atoms with Crippen LogP contribution in [-0.4, -0.2) is 30.9 Å². The molecular weight excluding hydrogens is 309 g/mol. The molecule has 124 valence electrons. The Morgan fingerprint density at radius 1 is 1.08 bits per heavy atom. The van der Waals surface area contributed by atoms with Crippen molar-refractivity contribution in [3.8, 4) is 0 Å². The standard InChI is InChI=1S/C19H18FNO3/c20-14-9-7-13(8-10-14)18(22)16-5-1-2-6-17(16)19(23)21-12-15-4-3-11-24-15/h1-2,5-10,15H,3-4,11-12H2,(H,21,23)/t15-/m0/s1. The Kier molecular flexibility index (Phi) is 5.01. The van der Waals surface area contributed by atoms with Crippen molar-refractivity contribution in [2.75, 3.05) is 13.2 Å². The number of ether oxygens (including phenoxy) is 1. The maximum absolute atomic E-state index is 13.0. The molecule has 5 heteroatoms. The van der Waals surface area contributed by atoms with Gasteiger partial charge in [0, 0.05) is 24.3 Å². The number of benzene rings is 2. The third kappa shape index (κ3) is 3.68. The summed E-state index contributed by atoms with van der Waals surface area (Å²) in [5, 5.41) is 2.82. The largest absolute Gasteiger partial charge is 0.376 e. The predicted molar refractivity (Wildman–Crippen MR) is 87.6 cm³/mol. The van der Waals surface area contributed by atoms with Gasteiger partial charge in [-0.2, -0.15) is 0 Å². The molecule has 0 radical (unpaired) electrons. The van der Waals surface area contributed by atoms with Crippen LogP contribution in [0.1, 0.15) is 39.1 Å². The Labute approximate surface area is 139 Å². The molecule has 3 rings (SSSR count). The van der Waals surface area contributed by atoms with Crippen LogP contribution in [0.5, 0.6) is 0 Å². The number of carbonyl (C=O) groups excluding carboxylic acids is 2. The van der Waals surface area contributed by atoms with Crippen molar-refractivity contribution in [1.29, 1.82) is 0 Å². The number of amides is 1. The molecule has 1 N–H and O–H groups in total. The SMILES string of the molecule is O=C(NC[C@@H]1CCCO1)c1ccccc1C(=O)c1ccc(F)cc1. The van der Waals surface area contributed by atoms with Gasteiger partial charge < -0.3 is 10.1 Å². The van der Waals surface area contributed by atoms with E-state index in [2.05, 4.69) is 5.32 Å². The summed E-state index contributed by atoms with van der Waals surface area (Å²) in [6, 6.07) is 11.9. The molecule has 1 heterocycles. The van der Waals surface area contributed by atoms with E-state index < -0.39 is 5.82 Å². The number of nitrogens with one attached hydrogen (secondary N) is 1. The Morgan fingerprint density at radius 3 is 2.46 bits per heavy atom. The number of rotatable bonds is 5. The van der Waals surface area contributed by atoms with Crippen molar-refractivity contribution < 1.29 is 18.7 Å². The van der Waals surface area contributed by atoms with Gasteiger partial charge in [0.05, 0.1) is 11.7 Å². The Bertz CT molecular complexity index is 737. The maximum Gasteiger partial charge on any atom is 0.252 e. The molecule has 1 fully saturated rings. The van der Waals surface area contributed by atoms with Gasteiger partial charge in [-0.1, -0.05) is 18.2 Å². The molecule has 0 aromatic heterocycles. The summed E-state index contributed by atoms with van der Waals surface area (Å²) < 4.78 is 18.5. The van der Waals surface area contributed by atoms with E-state index in [1.165, 1.54) is 24.3 Å². The van der Waals surface area contributed by atoms with E-state index in [-0.39, 0.29) is 17.8 Å². The highest BCUT2D eigenvalue weighted by molar-refractivity contribution is 6.15. The van der Waals surface area contributed by atoms with E-state index in [4.69, 9.17) is 4.74 Å². The molecule has 0 saturated carbocycles. The highest BCUT2D eigenvalue weighted by atomic mass is 19.1. The lowest BCUT2D eigenvalue weighted by molar-refractivity contribution is 0.0853. The highest BCUT2D eigenvalue weighted by Crippen LogP contribution is 2.16. The normalized spacial score (nSPS) is 16.8. The zero-order valence-electron chi connectivity index (χ0n) is 13.1. The molecule has 0 aliphatic carbocycles. The molecule has 1 saturated heterocycles. The fourth-order valence-electron chi connectivity index (χ4n) is 2.74. The Morgan fingerprint density at radius 2 is 1.79 bits per heavy atom. The monoisotopic (exact) mass is 327 g/mol. The van der Waals surface area contributed by atoms with Crippen molar-refractivity contribution >= 4 is 11.7 Å². The van der Waals surface area contributed by atoms with Gasteiger partial charge in [-0.25, -0.2) is 4.39 Å². The van der Waals surface area contributed by atoms with Crippen LogP contribution < -0.4 is 5.32 Å². The van der Waals surface area contributed by atoms with Crippen LogP contribution in [0, 0.1) is 5.82 Å². The molecule has 0 bridgehead atoms. The van der Waals surface area contributed by atoms with Crippen molar-refractivity contribution in [3.05, 3.63) is 71.0 Å². The molecule has 1 aliphatic rings. The van der Waals surface area contributed by atoms with Crippen molar-refractivity contribution in [1.82, 2.24) is 5.32 Å². The third-order valence-corrected chi connectivity index (χ3v) is 4.04. The van der Waals surface area contributed by atoms with E-state index in [0.29, 0.717) is 23.2 Å². The van der Waals surface area contributed by atoms with Crippen LogP contribution in [0.4, 0.5) is 4.39 Å². The lowest BCUT2D eigenvalue weighted by Gasteiger charge is -2.13. The highest BCUT2D eigenvalue weighted by Gasteiger charge is 2.20. The number of ketones is 1. The zero-order chi connectivity index (χ0) is 16.9. The van der Waals surface area contributed by atoms with E-state index in [9.17, 15) is 14.0 Å². The number of hydrogen-bond acceptors (Lipinski definition) is 3. The second kappa shape index (κ2) is 7.36. The number of carbonyl (C=O) groups is 2. The number of hydrogen-bond donors (Lipinski definition) is 1. The first kappa shape index (κ1) is 16.3. The minimum atomic E-state index is -0.408. The molecule has 2 aromatic rings. The van der Waals surface area contributed by atoms with Gasteiger partial charge in [0.25, 0.3) is 5.91 Å². The first-order valence-corrected chi connectivity index (χ1v) is 7.94. The molecule has 4 nitrogen and oxygen atoms in total. The average molecular weight is 327 g/mol. The van der Waals surface area contributed by atoms with Crippen LogP contribution in [0.3, 0.4) is 0 Å². The summed E-state index contributed by atoms with van der Waals surface area (Å²) in [7, 11) is 0. The second-order valence-electron chi connectivity index (χ2n) is 5.73. The summed E-state index contributed by atoms with van der Waals surface area (Å²) >= 11 is 0. The van der Waals surface area contributed by atoms with Gasteiger partial charge >= 0.3 is 0 Å². The maximum atomic E-state index is 13.0. The van der Waals surface area contributed by atoms with Crippen LogP contribution in [-0.2, 0) is 4.74 Å². The van der Waals surface area contributed by atoms with Gasteiger partial charge in [0.1, 0.15) is 5.82 Å². The van der Waals surface area contributed by atoms with E-state index in [1.807, 2.05) is 0 Å². The minimum absolute atomic E-state index is 0.0360. The summed E-state index contributed by atoms with van der Waals surface area (Å²) in [5.41, 5.74) is 0.953. The second-order valence-corrected chi connectivity index (χ2v) is 5.73. The van der Waals surface area contributed by atoms with Gasteiger partial charge in [-0.3, -0.25) is 9.59 Å². The summed E-state index contributed by atoms with van der Waals surface area (Å²) in [6.07, 6.45) is 1.96. The van der Waals surface area contributed by atoms with Crippen molar-refractivity contribution in [3.63, 3.8) is 0 Å². The van der Waals surface area contributed by atoms with Crippen molar-refractivity contribution in [2.24, 2.45) is 0 Å². The molecule has 0 unspecified atom stereocenters.